The number of hydrogen-bond donors (Lipinski definition) is 7. The van der Waals surface area contributed by atoms with E-state index in [1.165, 1.54) is 69.3 Å². The zero-order chi connectivity index (χ0) is 44.3. The van der Waals surface area contributed by atoms with Crippen LogP contribution in [0.5, 0.6) is 0 Å². The Hall–Kier alpha value is -5.64. The summed E-state index contributed by atoms with van der Waals surface area (Å²) >= 11 is 6.21. The maximum Gasteiger partial charge on any atom is 0.397 e. The quantitative estimate of drug-likeness (QED) is 0.0632. The van der Waals surface area contributed by atoms with E-state index in [1.807, 2.05) is 0 Å². The van der Waals surface area contributed by atoms with Gasteiger partial charge in [-0.2, -0.15) is 40.2 Å². The summed E-state index contributed by atoms with van der Waals surface area (Å²) in [5.74, 6) is -2.86. The van der Waals surface area contributed by atoms with Gasteiger partial charge < -0.3 is 21.7 Å². The number of halogens is 1. The van der Waals surface area contributed by atoms with E-state index in [4.69, 9.17) is 21.9 Å². The van der Waals surface area contributed by atoms with Gasteiger partial charge in [0.2, 0.25) is 17.2 Å². The first-order valence-electron chi connectivity index (χ1n) is 16.7. The molecule has 0 bridgehead atoms. The molecule has 60 heavy (non-hydrogen) atoms. The number of nitrogens with one attached hydrogen (secondary N) is 3. The predicted octanol–water partition coefficient (Wildman–Crippen LogP) is 4.13. The molecule has 0 fully saturated rings. The van der Waals surface area contributed by atoms with Crippen molar-refractivity contribution < 1.29 is 61.1 Å². The lowest BCUT2D eigenvalue weighted by Crippen LogP contribution is -2.25. The minimum atomic E-state index is -5.13. The van der Waals surface area contributed by atoms with Crippen LogP contribution in [-0.2, 0) is 44.7 Å². The zero-order valence-electron chi connectivity index (χ0n) is 30.9. The summed E-state index contributed by atoms with van der Waals surface area (Å²) in [6.07, 6.45) is 0. The molecule has 21 nitrogen and oxygen atoms in total. The lowest BCUT2D eigenvalue weighted by molar-refractivity contribution is 0.0980. The van der Waals surface area contributed by atoms with Crippen LogP contribution >= 0.6 is 11.6 Å². The fourth-order valence-corrected chi connectivity index (χ4v) is 9.79. The number of aromatic nitrogens is 3. The SMILES string of the molecule is Cc1c(Nc2nc(Cl)nc(Nc3ccc(S(=O)(=O)CCOS(=O)(=O)O)cc3)n2)c(C)c(S(=O)(=O)O)c(C)c1Nc1cc(S(=O)(=O)O)c(N)c2c1C(=O)c1ccccc1C2=O. The number of ketones is 2. The van der Waals surface area contributed by atoms with Crippen LogP contribution in [0.4, 0.5) is 40.3 Å². The van der Waals surface area contributed by atoms with Crippen molar-refractivity contribution in [2.45, 2.75) is 35.5 Å². The largest absolute Gasteiger partial charge is 0.397 e. The summed E-state index contributed by atoms with van der Waals surface area (Å²) < 4.78 is 131. The number of rotatable bonds is 13. The summed E-state index contributed by atoms with van der Waals surface area (Å²) in [7, 11) is -19.1. The van der Waals surface area contributed by atoms with Gasteiger partial charge in [0.1, 0.15) is 9.79 Å². The van der Waals surface area contributed by atoms with Gasteiger partial charge in [-0.25, -0.2) is 12.6 Å². The Kier molecular flexibility index (Phi) is 11.5. The van der Waals surface area contributed by atoms with Crippen molar-refractivity contribution in [1.29, 1.82) is 0 Å². The number of nitrogens with two attached hydrogens (primary N) is 1. The van der Waals surface area contributed by atoms with Crippen molar-refractivity contribution in [2.75, 3.05) is 34.0 Å². The summed E-state index contributed by atoms with van der Waals surface area (Å²) in [6.45, 7) is 3.27. The molecule has 0 unspecified atom stereocenters. The third-order valence-electron chi connectivity index (χ3n) is 9.08. The Morgan fingerprint density at radius 2 is 1.23 bits per heavy atom. The summed E-state index contributed by atoms with van der Waals surface area (Å²) in [5, 5.41) is 8.08. The molecule has 4 aromatic carbocycles. The van der Waals surface area contributed by atoms with E-state index in [2.05, 4.69) is 35.1 Å². The van der Waals surface area contributed by atoms with Gasteiger partial charge in [-0.1, -0.05) is 24.3 Å². The number of carbonyl (C=O) groups is 2. The molecule has 0 amide bonds. The summed E-state index contributed by atoms with van der Waals surface area (Å²) in [5.41, 5.74) is 4.00. The molecule has 0 saturated heterocycles. The van der Waals surface area contributed by atoms with Crippen molar-refractivity contribution in [3.05, 3.63) is 98.8 Å². The van der Waals surface area contributed by atoms with E-state index in [-0.39, 0.29) is 72.9 Å². The molecule has 0 saturated carbocycles. The molecule has 1 aromatic heterocycles. The molecule has 1 heterocycles. The molecule has 0 spiro atoms. The number of nitrogens with zero attached hydrogens (tertiary/aromatic N) is 3. The van der Waals surface area contributed by atoms with Gasteiger partial charge in [-0.3, -0.25) is 23.2 Å². The van der Waals surface area contributed by atoms with Crippen molar-refractivity contribution >= 4 is 104 Å². The van der Waals surface area contributed by atoms with Gasteiger partial charge in [0.15, 0.2) is 21.4 Å². The van der Waals surface area contributed by atoms with Crippen LogP contribution in [0.3, 0.4) is 0 Å². The topological polar surface area (TPSA) is 341 Å². The third kappa shape index (κ3) is 8.79. The first-order valence-corrected chi connectivity index (χ1v) is 23.0. The molecule has 0 radical (unpaired) electrons. The van der Waals surface area contributed by atoms with Crippen molar-refractivity contribution in [1.82, 2.24) is 15.0 Å². The number of fused-ring (bicyclic) bond motifs is 2. The van der Waals surface area contributed by atoms with Crippen LogP contribution in [0.1, 0.15) is 48.5 Å². The number of sulfone groups is 1. The van der Waals surface area contributed by atoms with E-state index in [1.54, 1.807) is 0 Å². The predicted molar refractivity (Wildman–Crippen MR) is 215 cm³/mol. The fraction of sp³-hybridized carbons (Fsp3) is 0.147. The molecule has 316 valence electrons. The van der Waals surface area contributed by atoms with Gasteiger partial charge >= 0.3 is 10.4 Å². The van der Waals surface area contributed by atoms with Gasteiger partial charge in [-0.15, -0.1) is 0 Å². The van der Waals surface area contributed by atoms with E-state index >= 15 is 0 Å². The minimum Gasteiger partial charge on any atom is -0.397 e. The van der Waals surface area contributed by atoms with Crippen LogP contribution in [-0.4, -0.2) is 86.2 Å². The van der Waals surface area contributed by atoms with Crippen LogP contribution in [0.25, 0.3) is 0 Å². The van der Waals surface area contributed by atoms with E-state index < -0.39 is 90.7 Å². The highest BCUT2D eigenvalue weighted by Gasteiger charge is 2.37. The Labute approximate surface area is 346 Å². The second-order valence-corrected chi connectivity index (χ2v) is 19.2. The van der Waals surface area contributed by atoms with Crippen LogP contribution < -0.4 is 21.7 Å². The lowest BCUT2D eigenvalue weighted by Gasteiger charge is -2.26. The number of nitrogen functional groups attached to an aromatic ring is 1. The number of anilines is 7. The average Bonchev–Trinajstić information content (AvgIpc) is 3.13. The zero-order valence-corrected chi connectivity index (χ0v) is 34.9. The number of benzene rings is 4. The lowest BCUT2D eigenvalue weighted by atomic mass is 9.82. The monoisotopic (exact) mass is 923 g/mol. The van der Waals surface area contributed by atoms with E-state index in [9.17, 15) is 52.4 Å². The van der Waals surface area contributed by atoms with Crippen LogP contribution in [0, 0.1) is 20.8 Å². The van der Waals surface area contributed by atoms with E-state index in [0.717, 1.165) is 6.07 Å². The molecule has 1 aliphatic rings. The number of hydrogen-bond acceptors (Lipinski definition) is 18. The standard InChI is InChI=1S/C34H30ClN7O14S4/c1-15-27(38-22-14-23(58(47,48)49)26(36)25-24(22)29(43)20-6-4-5-7-21(20)30(25)44)16(2)31(59(50,51)52)17(3)28(15)39-34-41-32(35)40-33(42-34)37-18-8-10-19(11-9-18)57(45,46)13-12-56-60(53,54)55/h4-11,14,38H,12-13,36H2,1-3H3,(H,47,48,49)(H,50,51,52)(H,53,54,55)(H2,37,39,40,41,42). The molecular weight excluding hydrogens is 894 g/mol. The summed E-state index contributed by atoms with van der Waals surface area (Å²) in [4.78, 5) is 38.2. The van der Waals surface area contributed by atoms with Crippen LogP contribution in [0.15, 0.2) is 69.3 Å². The fourth-order valence-electron chi connectivity index (χ4n) is 6.51. The second-order valence-electron chi connectivity index (χ2n) is 12.9. The van der Waals surface area contributed by atoms with Crippen molar-refractivity contribution in [2.24, 2.45) is 0 Å². The van der Waals surface area contributed by atoms with Gasteiger partial charge in [-0.05, 0) is 79.4 Å². The maximum atomic E-state index is 14.0. The Morgan fingerprint density at radius 3 is 1.77 bits per heavy atom. The highest BCUT2D eigenvalue weighted by molar-refractivity contribution is 7.91. The Balaban J connectivity index is 1.41. The van der Waals surface area contributed by atoms with Gasteiger partial charge in [0, 0.05) is 22.5 Å². The first-order chi connectivity index (χ1) is 27.8. The van der Waals surface area contributed by atoms with Crippen LogP contribution in [0.2, 0.25) is 5.28 Å². The third-order valence-corrected chi connectivity index (χ3v) is 13.4. The first kappa shape index (κ1) is 43.9. The number of carbonyl (C=O) groups excluding carboxylic acids is 2. The summed E-state index contributed by atoms with van der Waals surface area (Å²) in [6, 6.07) is 11.5. The van der Waals surface area contributed by atoms with Crippen molar-refractivity contribution in [3.8, 4) is 0 Å². The highest BCUT2D eigenvalue weighted by Crippen LogP contribution is 2.44. The van der Waals surface area contributed by atoms with E-state index in [0.29, 0.717) is 0 Å². The van der Waals surface area contributed by atoms with Gasteiger partial charge in [0.05, 0.1) is 45.4 Å². The minimum absolute atomic E-state index is 0.0450. The normalized spacial score (nSPS) is 13.1. The molecule has 0 atom stereocenters. The smallest absolute Gasteiger partial charge is 0.397 e. The molecule has 8 N–H and O–H groups in total. The van der Waals surface area contributed by atoms with Crippen molar-refractivity contribution in [3.63, 3.8) is 0 Å². The maximum absolute atomic E-state index is 14.0. The molecule has 1 aliphatic carbocycles. The highest BCUT2D eigenvalue weighted by atomic mass is 35.5. The molecule has 26 heteroatoms. The second kappa shape index (κ2) is 15.8. The average molecular weight is 924 g/mol. The Bertz CT molecular complexity index is 3130. The Morgan fingerprint density at radius 1 is 0.700 bits per heavy atom. The molecule has 5 aromatic rings. The molecule has 0 aliphatic heterocycles. The molecular formula is C34H30ClN7O14S4. The van der Waals surface area contributed by atoms with Gasteiger partial charge in [0.25, 0.3) is 20.2 Å². The molecule has 6 rings (SSSR count).